The molecule has 0 aromatic carbocycles. The van der Waals surface area contributed by atoms with Crippen LogP contribution in [-0.2, 0) is 0 Å². The molecule has 112 valence electrons. The number of carbonyl (C=O) groups is 1. The second-order valence-corrected chi connectivity index (χ2v) is 5.53. The third kappa shape index (κ3) is 3.25. The maximum absolute atomic E-state index is 12.2. The Balaban J connectivity index is 1.73. The zero-order valence-electron chi connectivity index (χ0n) is 11.5. The first-order valence-electron chi connectivity index (χ1n) is 6.65. The highest BCUT2D eigenvalue weighted by atomic mass is 79.9. The van der Waals surface area contributed by atoms with E-state index in [9.17, 15) is 4.79 Å². The summed E-state index contributed by atoms with van der Waals surface area (Å²) in [5, 5.41) is 7.11. The van der Waals surface area contributed by atoms with E-state index >= 15 is 0 Å². The number of carbonyl (C=O) groups excluding carboxylic acids is 1. The molecule has 3 rings (SSSR count). The number of furan rings is 1. The average Bonchev–Trinajstić information content (AvgIpc) is 3.21. The van der Waals surface area contributed by atoms with Gasteiger partial charge in [0.2, 0.25) is 0 Å². The lowest BCUT2D eigenvalue weighted by molar-refractivity contribution is 0.0947. The molecule has 0 unspecified atom stereocenters. The molecule has 0 saturated heterocycles. The number of hydrogen-bond acceptors (Lipinski definition) is 4. The summed E-state index contributed by atoms with van der Waals surface area (Å²) < 4.78 is 7.95. The molecule has 0 aliphatic rings. The van der Waals surface area contributed by atoms with E-state index < -0.39 is 0 Å². The highest BCUT2D eigenvalue weighted by Crippen LogP contribution is 2.17. The Morgan fingerprint density at radius 2 is 2.32 bits per heavy atom. The number of rotatable bonds is 5. The van der Waals surface area contributed by atoms with E-state index in [1.54, 1.807) is 29.4 Å². The molecule has 3 aromatic rings. The lowest BCUT2D eigenvalue weighted by Gasteiger charge is -2.16. The molecule has 1 amide bonds. The largest absolute Gasteiger partial charge is 0.467 e. The average molecular weight is 361 g/mol. The Hall–Kier alpha value is -2.41. The van der Waals surface area contributed by atoms with Gasteiger partial charge >= 0.3 is 0 Å². The van der Waals surface area contributed by atoms with Gasteiger partial charge in [-0.05, 0) is 40.2 Å². The predicted octanol–water partition coefficient (Wildman–Crippen LogP) is 2.65. The number of aromatic nitrogens is 3. The van der Waals surface area contributed by atoms with Crippen molar-refractivity contribution < 1.29 is 9.21 Å². The number of amides is 1. The van der Waals surface area contributed by atoms with E-state index in [1.165, 1.54) is 6.20 Å². The second kappa shape index (κ2) is 6.57. The lowest BCUT2D eigenvalue weighted by atomic mass is 10.2. The van der Waals surface area contributed by atoms with Gasteiger partial charge in [-0.2, -0.15) is 5.10 Å². The molecule has 6 nitrogen and oxygen atoms in total. The van der Waals surface area contributed by atoms with E-state index in [1.807, 2.05) is 24.4 Å². The van der Waals surface area contributed by atoms with Crippen LogP contribution < -0.4 is 5.32 Å². The van der Waals surface area contributed by atoms with Crippen molar-refractivity contribution in [2.24, 2.45) is 0 Å². The van der Waals surface area contributed by atoms with Crippen molar-refractivity contribution in [1.82, 2.24) is 20.1 Å². The first-order chi connectivity index (χ1) is 10.7. The Kier molecular flexibility index (Phi) is 4.34. The first kappa shape index (κ1) is 14.5. The molecule has 1 N–H and O–H groups in total. The highest BCUT2D eigenvalue weighted by molar-refractivity contribution is 9.10. The van der Waals surface area contributed by atoms with Crippen LogP contribution in [0, 0.1) is 0 Å². The molecule has 3 aromatic heterocycles. The number of hydrogen-bond donors (Lipinski definition) is 1. The van der Waals surface area contributed by atoms with Crippen LogP contribution in [0.2, 0.25) is 0 Å². The summed E-state index contributed by atoms with van der Waals surface area (Å²) in [7, 11) is 0. The monoisotopic (exact) mass is 360 g/mol. The van der Waals surface area contributed by atoms with E-state index in [2.05, 4.69) is 31.3 Å². The van der Waals surface area contributed by atoms with Crippen molar-refractivity contribution in [3.63, 3.8) is 0 Å². The zero-order valence-corrected chi connectivity index (χ0v) is 13.1. The summed E-state index contributed by atoms with van der Waals surface area (Å²) in [6.07, 6.45) is 8.28. The van der Waals surface area contributed by atoms with Gasteiger partial charge in [-0.25, -0.2) is 0 Å². The van der Waals surface area contributed by atoms with Crippen LogP contribution >= 0.6 is 15.9 Å². The molecule has 0 aliphatic heterocycles. The number of nitrogens with one attached hydrogen (secondary N) is 1. The SMILES string of the molecule is O=C(NC[C@H](c1ccco1)n1cccn1)c1cncc(Br)c1. The summed E-state index contributed by atoms with van der Waals surface area (Å²) in [6, 6.07) is 7.02. The van der Waals surface area contributed by atoms with E-state index in [0.717, 1.165) is 10.2 Å². The van der Waals surface area contributed by atoms with Gasteiger partial charge in [0.15, 0.2) is 0 Å². The molecule has 0 spiro atoms. The Labute approximate surface area is 135 Å². The molecule has 7 heteroatoms. The van der Waals surface area contributed by atoms with Crippen LogP contribution in [0.15, 0.2) is 64.2 Å². The highest BCUT2D eigenvalue weighted by Gasteiger charge is 2.18. The molecule has 0 radical (unpaired) electrons. The molecular formula is C15H13BrN4O2. The minimum atomic E-state index is -0.200. The standard InChI is InChI=1S/C15H13BrN4O2/c16-12-7-11(8-17-9-12)15(21)18-10-13(14-3-1-6-22-14)20-5-2-4-19-20/h1-9,13H,10H2,(H,18,21)/t13-/m1/s1. The van der Waals surface area contributed by atoms with Gasteiger partial charge in [-0.15, -0.1) is 0 Å². The molecule has 3 heterocycles. The number of nitrogens with zero attached hydrogens (tertiary/aromatic N) is 3. The molecular weight excluding hydrogens is 348 g/mol. The maximum Gasteiger partial charge on any atom is 0.252 e. The third-order valence-corrected chi connectivity index (χ3v) is 3.57. The van der Waals surface area contributed by atoms with Crippen LogP contribution in [0.4, 0.5) is 0 Å². The van der Waals surface area contributed by atoms with Crippen LogP contribution in [0.25, 0.3) is 0 Å². The van der Waals surface area contributed by atoms with Gasteiger partial charge in [0, 0.05) is 35.8 Å². The fourth-order valence-electron chi connectivity index (χ4n) is 2.10. The Bertz CT molecular complexity index is 707. The summed E-state index contributed by atoms with van der Waals surface area (Å²) in [4.78, 5) is 16.2. The minimum Gasteiger partial charge on any atom is -0.467 e. The molecule has 0 bridgehead atoms. The van der Waals surface area contributed by atoms with Crippen LogP contribution in [-0.4, -0.2) is 27.2 Å². The van der Waals surface area contributed by atoms with Crippen molar-refractivity contribution in [2.75, 3.05) is 6.54 Å². The summed E-state index contributed by atoms with van der Waals surface area (Å²) >= 11 is 3.30. The van der Waals surface area contributed by atoms with Gasteiger partial charge in [0.1, 0.15) is 11.8 Å². The van der Waals surface area contributed by atoms with Gasteiger partial charge in [-0.3, -0.25) is 14.5 Å². The summed E-state index contributed by atoms with van der Waals surface area (Å²) in [6.45, 7) is 0.362. The quantitative estimate of drug-likeness (QED) is 0.758. The van der Waals surface area contributed by atoms with Gasteiger partial charge in [0.25, 0.3) is 5.91 Å². The fraction of sp³-hybridized carbons (Fsp3) is 0.133. The second-order valence-electron chi connectivity index (χ2n) is 4.62. The van der Waals surface area contributed by atoms with Crippen LogP contribution in [0.3, 0.4) is 0 Å². The minimum absolute atomic E-state index is 0.197. The smallest absolute Gasteiger partial charge is 0.252 e. The van der Waals surface area contributed by atoms with Gasteiger partial charge < -0.3 is 9.73 Å². The first-order valence-corrected chi connectivity index (χ1v) is 7.44. The molecule has 0 fully saturated rings. The van der Waals surface area contributed by atoms with E-state index in [0.29, 0.717) is 12.1 Å². The van der Waals surface area contributed by atoms with Crippen molar-refractivity contribution >= 4 is 21.8 Å². The Morgan fingerprint density at radius 3 is 3.00 bits per heavy atom. The predicted molar refractivity (Wildman–Crippen MR) is 83.3 cm³/mol. The summed E-state index contributed by atoms with van der Waals surface area (Å²) in [5.41, 5.74) is 0.494. The lowest BCUT2D eigenvalue weighted by Crippen LogP contribution is -2.31. The zero-order chi connectivity index (χ0) is 15.4. The molecule has 1 atom stereocenters. The third-order valence-electron chi connectivity index (χ3n) is 3.14. The van der Waals surface area contributed by atoms with Gasteiger partial charge in [0.05, 0.1) is 11.8 Å². The van der Waals surface area contributed by atoms with Crippen molar-refractivity contribution in [2.45, 2.75) is 6.04 Å². The maximum atomic E-state index is 12.2. The number of halogens is 1. The Morgan fingerprint density at radius 1 is 1.41 bits per heavy atom. The normalized spacial score (nSPS) is 12.0. The summed E-state index contributed by atoms with van der Waals surface area (Å²) in [5.74, 6) is 0.536. The molecule has 0 aliphatic carbocycles. The topological polar surface area (TPSA) is 73.0 Å². The van der Waals surface area contributed by atoms with E-state index in [4.69, 9.17) is 4.42 Å². The van der Waals surface area contributed by atoms with Gasteiger partial charge in [-0.1, -0.05) is 0 Å². The van der Waals surface area contributed by atoms with Crippen molar-refractivity contribution in [3.05, 3.63) is 71.1 Å². The van der Waals surface area contributed by atoms with Crippen molar-refractivity contribution in [1.29, 1.82) is 0 Å². The molecule has 0 saturated carbocycles. The van der Waals surface area contributed by atoms with Crippen LogP contribution in [0.5, 0.6) is 0 Å². The molecule has 22 heavy (non-hydrogen) atoms. The van der Waals surface area contributed by atoms with E-state index in [-0.39, 0.29) is 11.9 Å². The fourth-order valence-corrected chi connectivity index (χ4v) is 2.46. The van der Waals surface area contributed by atoms with Crippen molar-refractivity contribution in [3.8, 4) is 0 Å². The number of pyridine rings is 1. The van der Waals surface area contributed by atoms with Crippen LogP contribution in [0.1, 0.15) is 22.2 Å².